The van der Waals surface area contributed by atoms with Gasteiger partial charge < -0.3 is 19.7 Å². The first kappa shape index (κ1) is 16.2. The molecular formula is C14H16N2O5S. The normalized spacial score (nSPS) is 11.7. The molecule has 1 aromatic heterocycles. The molecule has 1 heterocycles. The van der Waals surface area contributed by atoms with Gasteiger partial charge in [-0.3, -0.25) is 5.32 Å². The Bertz CT molecular complexity index is 590. The van der Waals surface area contributed by atoms with E-state index in [-0.39, 0.29) is 24.8 Å². The van der Waals surface area contributed by atoms with E-state index in [4.69, 9.17) is 14.6 Å². The van der Waals surface area contributed by atoms with Gasteiger partial charge >= 0.3 is 6.09 Å². The van der Waals surface area contributed by atoms with E-state index in [1.165, 1.54) is 6.20 Å². The Morgan fingerprint density at radius 2 is 2.14 bits per heavy atom. The summed E-state index contributed by atoms with van der Waals surface area (Å²) in [6.45, 7) is -0.0203. The van der Waals surface area contributed by atoms with Crippen molar-refractivity contribution in [1.82, 2.24) is 4.98 Å². The van der Waals surface area contributed by atoms with Crippen LogP contribution in [-0.4, -0.2) is 34.2 Å². The van der Waals surface area contributed by atoms with Gasteiger partial charge in [0.15, 0.2) is 0 Å². The van der Waals surface area contributed by atoms with Crippen molar-refractivity contribution < 1.29 is 24.5 Å². The smallest absolute Gasteiger partial charge is 0.412 e. The van der Waals surface area contributed by atoms with Crippen molar-refractivity contribution in [3.8, 4) is 5.19 Å². The van der Waals surface area contributed by atoms with Crippen LogP contribution in [0.15, 0.2) is 36.5 Å². The average molecular weight is 324 g/mol. The molecular weight excluding hydrogens is 308 g/mol. The number of amides is 1. The van der Waals surface area contributed by atoms with Crippen LogP contribution in [0.1, 0.15) is 12.0 Å². The third-order valence-corrected chi connectivity index (χ3v) is 3.34. The predicted octanol–water partition coefficient (Wildman–Crippen LogP) is 1.97. The molecule has 2 rings (SSSR count). The van der Waals surface area contributed by atoms with Crippen molar-refractivity contribution in [2.45, 2.75) is 19.3 Å². The molecule has 1 aromatic carbocycles. The maximum atomic E-state index is 11.6. The predicted molar refractivity (Wildman–Crippen MR) is 80.7 cm³/mol. The quantitative estimate of drug-likeness (QED) is 0.673. The van der Waals surface area contributed by atoms with Crippen molar-refractivity contribution in [1.29, 1.82) is 0 Å². The maximum absolute atomic E-state index is 11.6. The lowest BCUT2D eigenvalue weighted by atomic mass is 10.2. The van der Waals surface area contributed by atoms with Crippen LogP contribution >= 0.6 is 11.3 Å². The summed E-state index contributed by atoms with van der Waals surface area (Å²) in [5.74, 6) is 0. The van der Waals surface area contributed by atoms with Crippen molar-refractivity contribution in [2.75, 3.05) is 11.9 Å². The molecule has 3 N–H and O–H groups in total. The van der Waals surface area contributed by atoms with Gasteiger partial charge in [0.1, 0.15) is 11.6 Å². The van der Waals surface area contributed by atoms with Crippen LogP contribution in [0.2, 0.25) is 0 Å². The average Bonchev–Trinajstić information content (AvgIpc) is 2.93. The van der Waals surface area contributed by atoms with E-state index in [1.54, 1.807) is 0 Å². The second kappa shape index (κ2) is 8.32. The molecule has 0 aliphatic carbocycles. The van der Waals surface area contributed by atoms with Crippen molar-refractivity contribution in [3.05, 3.63) is 42.1 Å². The molecule has 7 nitrogen and oxygen atoms in total. The van der Waals surface area contributed by atoms with Crippen LogP contribution in [-0.2, 0) is 11.3 Å². The SMILES string of the molecule is O=C(Nc1cnc(OC(O)CCO)s1)OCc1ccccc1. The van der Waals surface area contributed by atoms with Crippen LogP contribution in [0, 0.1) is 0 Å². The molecule has 0 fully saturated rings. The molecule has 0 spiro atoms. The molecule has 22 heavy (non-hydrogen) atoms. The number of aromatic nitrogens is 1. The van der Waals surface area contributed by atoms with Gasteiger partial charge in [-0.15, -0.1) is 0 Å². The number of anilines is 1. The molecule has 1 amide bonds. The molecule has 1 atom stereocenters. The fourth-order valence-corrected chi connectivity index (χ4v) is 2.21. The molecule has 0 radical (unpaired) electrons. The topological polar surface area (TPSA) is 101 Å². The largest absolute Gasteiger partial charge is 0.444 e. The molecule has 8 heteroatoms. The van der Waals surface area contributed by atoms with Gasteiger partial charge in [0, 0.05) is 13.0 Å². The van der Waals surface area contributed by atoms with Gasteiger partial charge in [-0.05, 0) is 5.56 Å². The number of hydrogen-bond acceptors (Lipinski definition) is 7. The number of rotatable bonds is 7. The van der Waals surface area contributed by atoms with Gasteiger partial charge in [-0.2, -0.15) is 0 Å². The van der Waals surface area contributed by atoms with Crippen LogP contribution in [0.5, 0.6) is 5.19 Å². The van der Waals surface area contributed by atoms with Gasteiger partial charge in [0.2, 0.25) is 6.29 Å². The fourth-order valence-electron chi connectivity index (χ4n) is 1.52. The second-order valence-corrected chi connectivity index (χ2v) is 5.26. The van der Waals surface area contributed by atoms with E-state index in [0.717, 1.165) is 16.9 Å². The molecule has 1 unspecified atom stereocenters. The van der Waals surface area contributed by atoms with E-state index in [1.807, 2.05) is 30.3 Å². The molecule has 0 aliphatic rings. The van der Waals surface area contributed by atoms with Gasteiger partial charge in [-0.1, -0.05) is 41.7 Å². The van der Waals surface area contributed by atoms with E-state index in [2.05, 4.69) is 10.3 Å². The van der Waals surface area contributed by atoms with E-state index in [9.17, 15) is 9.90 Å². The van der Waals surface area contributed by atoms with E-state index >= 15 is 0 Å². The Kier molecular flexibility index (Phi) is 6.13. The minimum absolute atomic E-state index is 0.0848. The van der Waals surface area contributed by atoms with E-state index in [0.29, 0.717) is 5.00 Å². The molecule has 2 aromatic rings. The summed E-state index contributed by atoms with van der Waals surface area (Å²) >= 11 is 1.05. The highest BCUT2D eigenvalue weighted by atomic mass is 32.1. The van der Waals surface area contributed by atoms with Gasteiger partial charge in [0.05, 0.1) is 6.20 Å². The third kappa shape index (κ3) is 5.32. The van der Waals surface area contributed by atoms with E-state index < -0.39 is 12.4 Å². The lowest BCUT2D eigenvalue weighted by molar-refractivity contribution is -0.0328. The van der Waals surface area contributed by atoms with Crippen LogP contribution < -0.4 is 10.1 Å². The lowest BCUT2D eigenvalue weighted by Gasteiger charge is -2.08. The van der Waals surface area contributed by atoms with Gasteiger partial charge in [-0.25, -0.2) is 9.78 Å². The zero-order valence-electron chi connectivity index (χ0n) is 11.6. The lowest BCUT2D eigenvalue weighted by Crippen LogP contribution is -2.16. The van der Waals surface area contributed by atoms with Crippen LogP contribution in [0.4, 0.5) is 9.80 Å². The number of nitrogens with zero attached hydrogens (tertiary/aromatic N) is 1. The standard InChI is InChI=1S/C14H16N2O5S/c17-7-6-12(18)21-14-15-8-11(22-14)16-13(19)20-9-10-4-2-1-3-5-10/h1-5,8,12,17-18H,6-7,9H2,(H,16,19). The Morgan fingerprint density at radius 3 is 2.86 bits per heavy atom. The number of aliphatic hydroxyl groups is 2. The summed E-state index contributed by atoms with van der Waals surface area (Å²) < 4.78 is 10.1. The first-order chi connectivity index (χ1) is 10.7. The number of carbonyl (C=O) groups is 1. The van der Waals surface area contributed by atoms with Crippen molar-refractivity contribution in [2.24, 2.45) is 0 Å². The first-order valence-corrected chi connectivity index (χ1v) is 7.38. The molecule has 0 saturated heterocycles. The summed E-state index contributed by atoms with van der Waals surface area (Å²) in [5.41, 5.74) is 0.887. The molecule has 0 aliphatic heterocycles. The van der Waals surface area contributed by atoms with Crippen LogP contribution in [0.25, 0.3) is 0 Å². The Balaban J connectivity index is 1.78. The maximum Gasteiger partial charge on any atom is 0.412 e. The summed E-state index contributed by atoms with van der Waals surface area (Å²) in [5, 5.41) is 21.2. The Hall–Kier alpha value is -2.16. The summed E-state index contributed by atoms with van der Waals surface area (Å²) in [6.07, 6.45) is -0.249. The van der Waals surface area contributed by atoms with Crippen molar-refractivity contribution >= 4 is 22.4 Å². The van der Waals surface area contributed by atoms with Crippen LogP contribution in [0.3, 0.4) is 0 Å². The third-order valence-electron chi connectivity index (χ3n) is 2.54. The number of hydrogen-bond donors (Lipinski definition) is 3. The highest BCUT2D eigenvalue weighted by Gasteiger charge is 2.11. The summed E-state index contributed by atoms with van der Waals surface area (Å²) in [6, 6.07) is 9.32. The molecule has 118 valence electrons. The summed E-state index contributed by atoms with van der Waals surface area (Å²) in [7, 11) is 0. The summed E-state index contributed by atoms with van der Waals surface area (Å²) in [4.78, 5) is 15.5. The van der Waals surface area contributed by atoms with Gasteiger partial charge in [0.25, 0.3) is 5.19 Å². The van der Waals surface area contributed by atoms with Crippen molar-refractivity contribution in [3.63, 3.8) is 0 Å². The molecule has 0 bridgehead atoms. The minimum Gasteiger partial charge on any atom is -0.444 e. The number of ether oxygens (including phenoxy) is 2. The number of aliphatic hydroxyl groups excluding tert-OH is 2. The highest BCUT2D eigenvalue weighted by Crippen LogP contribution is 2.26. The molecule has 0 saturated carbocycles. The zero-order valence-corrected chi connectivity index (χ0v) is 12.5. The number of carbonyl (C=O) groups excluding carboxylic acids is 1. The fraction of sp³-hybridized carbons (Fsp3) is 0.286. The zero-order chi connectivity index (χ0) is 15.8. The second-order valence-electron chi connectivity index (χ2n) is 4.26. The minimum atomic E-state index is -1.13. The number of thiazole rings is 1. The Morgan fingerprint density at radius 1 is 1.36 bits per heavy atom. The highest BCUT2D eigenvalue weighted by molar-refractivity contribution is 7.17. The number of nitrogens with one attached hydrogen (secondary N) is 1. The Labute approximate surface area is 131 Å². The number of benzene rings is 1. The first-order valence-electron chi connectivity index (χ1n) is 6.56. The monoisotopic (exact) mass is 324 g/mol.